The van der Waals surface area contributed by atoms with Crippen LogP contribution in [0.5, 0.6) is 0 Å². The summed E-state index contributed by atoms with van der Waals surface area (Å²) in [4.78, 5) is 20.7. The van der Waals surface area contributed by atoms with Crippen molar-refractivity contribution in [1.29, 1.82) is 0 Å². The summed E-state index contributed by atoms with van der Waals surface area (Å²) in [5.74, 6) is 6.14. The fraction of sp³-hybridized carbons (Fsp3) is 0.667. The number of hydrazine groups is 1. The van der Waals surface area contributed by atoms with Gasteiger partial charge in [-0.3, -0.25) is 10.1 Å². The number of aromatic nitrogens is 2. The molecule has 1 saturated carbocycles. The molecule has 1 aromatic heterocycles. The average molecular weight is 296 g/mol. The molecule has 9 nitrogen and oxygen atoms in total. The fourth-order valence-corrected chi connectivity index (χ4v) is 2.38. The van der Waals surface area contributed by atoms with Crippen molar-refractivity contribution in [2.45, 2.75) is 25.8 Å². The molecule has 9 heteroatoms. The summed E-state index contributed by atoms with van der Waals surface area (Å²) in [5.41, 5.74) is 2.06. The first-order valence-electron chi connectivity index (χ1n) is 6.81. The molecule has 0 bridgehead atoms. The van der Waals surface area contributed by atoms with Gasteiger partial charge in [0.15, 0.2) is 0 Å². The van der Waals surface area contributed by atoms with E-state index in [-0.39, 0.29) is 23.4 Å². The Balaban J connectivity index is 2.40. The van der Waals surface area contributed by atoms with Crippen LogP contribution in [0.2, 0.25) is 0 Å². The first-order chi connectivity index (χ1) is 10.1. The number of rotatable bonds is 8. The van der Waals surface area contributed by atoms with Crippen LogP contribution < -0.4 is 16.2 Å². The van der Waals surface area contributed by atoms with Gasteiger partial charge in [-0.25, -0.2) is 15.8 Å². The Bertz CT molecular complexity index is 508. The zero-order chi connectivity index (χ0) is 15.4. The maximum atomic E-state index is 11.4. The maximum absolute atomic E-state index is 11.4. The van der Waals surface area contributed by atoms with Gasteiger partial charge in [0.2, 0.25) is 11.6 Å². The molecule has 0 amide bonds. The van der Waals surface area contributed by atoms with E-state index < -0.39 is 4.92 Å². The van der Waals surface area contributed by atoms with Gasteiger partial charge in [-0.15, -0.1) is 0 Å². The van der Waals surface area contributed by atoms with Crippen molar-refractivity contribution >= 4 is 17.3 Å². The van der Waals surface area contributed by atoms with Gasteiger partial charge in [-0.05, 0) is 25.7 Å². The van der Waals surface area contributed by atoms with E-state index in [1.54, 1.807) is 7.11 Å². The van der Waals surface area contributed by atoms with Crippen molar-refractivity contribution < 1.29 is 9.66 Å². The zero-order valence-corrected chi connectivity index (χ0v) is 12.2. The zero-order valence-electron chi connectivity index (χ0n) is 12.2. The Kier molecular flexibility index (Phi) is 4.86. The highest BCUT2D eigenvalue weighted by Crippen LogP contribution is 2.39. The minimum absolute atomic E-state index is 0.00964. The van der Waals surface area contributed by atoms with Crippen molar-refractivity contribution in [1.82, 2.24) is 9.97 Å². The molecule has 0 aliphatic heterocycles. The second-order valence-electron chi connectivity index (χ2n) is 5.06. The monoisotopic (exact) mass is 296 g/mol. The van der Waals surface area contributed by atoms with Crippen LogP contribution >= 0.6 is 0 Å². The number of anilines is 2. The van der Waals surface area contributed by atoms with Crippen LogP contribution in [0.1, 0.15) is 19.8 Å². The summed E-state index contributed by atoms with van der Waals surface area (Å²) < 4.78 is 5.11. The summed E-state index contributed by atoms with van der Waals surface area (Å²) in [6.45, 7) is 3.04. The van der Waals surface area contributed by atoms with Gasteiger partial charge in [0.25, 0.3) is 0 Å². The van der Waals surface area contributed by atoms with E-state index in [1.807, 2.05) is 4.90 Å². The number of hydrogen-bond acceptors (Lipinski definition) is 8. The third kappa shape index (κ3) is 3.37. The van der Waals surface area contributed by atoms with Crippen LogP contribution in [0.4, 0.5) is 17.3 Å². The quantitative estimate of drug-likeness (QED) is 0.413. The average Bonchev–Trinajstić information content (AvgIpc) is 3.31. The second-order valence-corrected chi connectivity index (χ2v) is 5.06. The van der Waals surface area contributed by atoms with Gasteiger partial charge in [-0.1, -0.05) is 0 Å². The van der Waals surface area contributed by atoms with Crippen LogP contribution in [-0.4, -0.2) is 41.2 Å². The van der Waals surface area contributed by atoms with Gasteiger partial charge < -0.3 is 15.1 Å². The molecular formula is C12H20N6O3. The molecule has 1 aromatic rings. The summed E-state index contributed by atoms with van der Waals surface area (Å²) in [6.07, 6.45) is 3.54. The topological polar surface area (TPSA) is 119 Å². The predicted molar refractivity (Wildman–Crippen MR) is 77.9 cm³/mol. The first kappa shape index (κ1) is 15.4. The van der Waals surface area contributed by atoms with E-state index >= 15 is 0 Å². The molecule has 0 aromatic carbocycles. The smallest absolute Gasteiger partial charge is 0.354 e. The Morgan fingerprint density at radius 3 is 2.86 bits per heavy atom. The van der Waals surface area contributed by atoms with E-state index in [9.17, 15) is 10.1 Å². The number of ether oxygens (including phenoxy) is 1. The Hall–Kier alpha value is -2.00. The third-order valence-corrected chi connectivity index (χ3v) is 3.73. The molecule has 1 heterocycles. The van der Waals surface area contributed by atoms with E-state index in [4.69, 9.17) is 10.6 Å². The lowest BCUT2D eigenvalue weighted by Crippen LogP contribution is -2.38. The lowest BCUT2D eigenvalue weighted by Gasteiger charge is -2.29. The van der Waals surface area contributed by atoms with Crippen molar-refractivity contribution in [2.75, 3.05) is 30.6 Å². The summed E-state index contributed by atoms with van der Waals surface area (Å²) in [7, 11) is 1.60. The van der Waals surface area contributed by atoms with E-state index in [0.717, 1.165) is 12.8 Å². The summed E-state index contributed by atoms with van der Waals surface area (Å²) in [6, 6.07) is 0.152. The standard InChI is InChI=1S/C12H20N6O3/c1-8(9-3-4-9)17(5-6-21-2)12-10(18(19)20)11(16-13)14-7-15-12/h7-9H,3-6,13H2,1-2H3,(H,14,15,16). The van der Waals surface area contributed by atoms with Crippen LogP contribution in [0.3, 0.4) is 0 Å². The van der Waals surface area contributed by atoms with Crippen LogP contribution in [0, 0.1) is 16.0 Å². The molecule has 2 rings (SSSR count). The number of nitrogen functional groups attached to an aromatic ring is 1. The maximum Gasteiger partial charge on any atom is 0.354 e. The van der Waals surface area contributed by atoms with Gasteiger partial charge in [0, 0.05) is 19.7 Å². The fourth-order valence-electron chi connectivity index (χ4n) is 2.38. The normalized spacial score (nSPS) is 15.6. The molecule has 1 fully saturated rings. The van der Waals surface area contributed by atoms with Gasteiger partial charge >= 0.3 is 5.69 Å². The van der Waals surface area contributed by atoms with Crippen LogP contribution in [0.25, 0.3) is 0 Å². The van der Waals surface area contributed by atoms with Crippen LogP contribution in [0.15, 0.2) is 6.33 Å². The lowest BCUT2D eigenvalue weighted by atomic mass is 10.1. The van der Waals surface area contributed by atoms with Gasteiger partial charge in [0.1, 0.15) is 6.33 Å². The molecule has 0 saturated heterocycles. The molecule has 1 atom stereocenters. The first-order valence-corrected chi connectivity index (χ1v) is 6.81. The van der Waals surface area contributed by atoms with Crippen molar-refractivity contribution in [3.05, 3.63) is 16.4 Å². The molecule has 0 radical (unpaired) electrons. The lowest BCUT2D eigenvalue weighted by molar-refractivity contribution is -0.383. The molecule has 0 spiro atoms. The number of nitrogens with two attached hydrogens (primary N) is 1. The summed E-state index contributed by atoms with van der Waals surface area (Å²) >= 11 is 0. The number of nitrogens with one attached hydrogen (secondary N) is 1. The molecular weight excluding hydrogens is 276 g/mol. The molecule has 1 unspecified atom stereocenters. The highest BCUT2D eigenvalue weighted by molar-refractivity contribution is 5.70. The number of nitro groups is 1. The SMILES string of the molecule is COCCN(c1ncnc(NN)c1[N+](=O)[O-])C(C)C1CC1. The predicted octanol–water partition coefficient (Wildman–Crippen LogP) is 0.922. The van der Waals surface area contributed by atoms with E-state index in [2.05, 4.69) is 22.3 Å². The summed E-state index contributed by atoms with van der Waals surface area (Å²) in [5, 5.41) is 11.4. The van der Waals surface area contributed by atoms with Crippen molar-refractivity contribution in [3.63, 3.8) is 0 Å². The van der Waals surface area contributed by atoms with Crippen molar-refractivity contribution in [2.24, 2.45) is 11.8 Å². The van der Waals surface area contributed by atoms with Crippen molar-refractivity contribution in [3.8, 4) is 0 Å². The minimum atomic E-state index is -0.510. The van der Waals surface area contributed by atoms with Crippen LogP contribution in [-0.2, 0) is 4.74 Å². The molecule has 21 heavy (non-hydrogen) atoms. The highest BCUT2D eigenvalue weighted by Gasteiger charge is 2.36. The molecule has 116 valence electrons. The van der Waals surface area contributed by atoms with Gasteiger partial charge in [0.05, 0.1) is 11.5 Å². The third-order valence-electron chi connectivity index (χ3n) is 3.73. The van der Waals surface area contributed by atoms with E-state index in [0.29, 0.717) is 19.1 Å². The van der Waals surface area contributed by atoms with E-state index in [1.165, 1.54) is 6.33 Å². The minimum Gasteiger partial charge on any atom is -0.383 e. The Morgan fingerprint density at radius 1 is 1.62 bits per heavy atom. The number of nitrogens with zero attached hydrogens (tertiary/aromatic N) is 4. The molecule has 1 aliphatic carbocycles. The highest BCUT2D eigenvalue weighted by atomic mass is 16.6. The Morgan fingerprint density at radius 2 is 2.33 bits per heavy atom. The molecule has 1 aliphatic rings. The number of hydrogen-bond donors (Lipinski definition) is 2. The Labute approximate surface area is 122 Å². The number of methoxy groups -OCH3 is 1. The second kappa shape index (κ2) is 6.64. The largest absolute Gasteiger partial charge is 0.383 e. The van der Waals surface area contributed by atoms with Gasteiger partial charge in [-0.2, -0.15) is 0 Å². The molecule has 3 N–H and O–H groups in total.